The van der Waals surface area contributed by atoms with Gasteiger partial charge in [-0.25, -0.2) is 4.79 Å². The molecule has 2 N–H and O–H groups in total. The average Bonchev–Trinajstić information content (AvgIpc) is 2.32. The number of nitrogen functional groups attached to an aromatic ring is 1. The van der Waals surface area contributed by atoms with Crippen molar-refractivity contribution < 1.29 is 9.53 Å². The van der Waals surface area contributed by atoms with Crippen LogP contribution >= 0.6 is 22.6 Å². The Labute approximate surface area is 115 Å². The molecule has 0 fully saturated rings. The van der Waals surface area contributed by atoms with Crippen molar-refractivity contribution in [2.24, 2.45) is 0 Å². The minimum atomic E-state index is -0.356. The molecule has 1 aromatic carbocycles. The number of esters is 1. The fraction of sp³-hybridized carbons (Fsp3) is 0.308. The molecule has 92 valence electrons. The number of rotatable bonds is 5. The van der Waals surface area contributed by atoms with Gasteiger partial charge in [0.15, 0.2) is 0 Å². The number of nitrogens with two attached hydrogens (primary N) is 1. The molecule has 0 amide bonds. The molecule has 0 aliphatic heterocycles. The van der Waals surface area contributed by atoms with Crippen molar-refractivity contribution in [3.63, 3.8) is 0 Å². The summed E-state index contributed by atoms with van der Waals surface area (Å²) >= 11 is 2.14. The summed E-state index contributed by atoms with van der Waals surface area (Å²) in [5.74, 6) is -0.356. The maximum atomic E-state index is 11.7. The number of carbonyl (C=O) groups is 1. The molecule has 17 heavy (non-hydrogen) atoms. The Kier molecular flexibility index (Phi) is 6.04. The molecule has 0 aliphatic rings. The van der Waals surface area contributed by atoms with Crippen molar-refractivity contribution in [3.8, 4) is 0 Å². The Bertz CT molecular complexity index is 416. The van der Waals surface area contributed by atoms with Gasteiger partial charge in [0.2, 0.25) is 0 Å². The molecule has 0 bridgehead atoms. The number of ether oxygens (including phenoxy) is 1. The van der Waals surface area contributed by atoms with Gasteiger partial charge in [0.1, 0.15) is 0 Å². The first kappa shape index (κ1) is 14.0. The maximum absolute atomic E-state index is 11.7. The molecule has 0 saturated carbocycles. The highest BCUT2D eigenvalue weighted by molar-refractivity contribution is 14.1. The van der Waals surface area contributed by atoms with Gasteiger partial charge in [-0.15, -0.1) is 0 Å². The molecular weight excluding hydrogens is 329 g/mol. The van der Waals surface area contributed by atoms with Crippen molar-refractivity contribution in [2.75, 3.05) is 12.3 Å². The second kappa shape index (κ2) is 7.32. The number of halogens is 1. The average molecular weight is 345 g/mol. The van der Waals surface area contributed by atoms with Gasteiger partial charge < -0.3 is 10.5 Å². The predicted octanol–water partition coefficient (Wildman–Crippen LogP) is 3.39. The lowest BCUT2D eigenvalue weighted by Gasteiger charge is -2.06. The highest BCUT2D eigenvalue weighted by Crippen LogP contribution is 2.16. The van der Waals surface area contributed by atoms with Crippen LogP contribution in [-0.2, 0) is 4.74 Å². The van der Waals surface area contributed by atoms with Crippen molar-refractivity contribution in [1.29, 1.82) is 0 Å². The van der Waals surface area contributed by atoms with Crippen molar-refractivity contribution >= 4 is 34.2 Å². The first-order valence-electron chi connectivity index (χ1n) is 5.52. The quantitative estimate of drug-likeness (QED) is 0.293. The number of carbonyl (C=O) groups excluding carboxylic acids is 1. The first-order valence-corrected chi connectivity index (χ1v) is 6.60. The third kappa shape index (κ3) is 4.77. The van der Waals surface area contributed by atoms with E-state index in [0.717, 1.165) is 16.4 Å². The van der Waals surface area contributed by atoms with Gasteiger partial charge in [0.25, 0.3) is 0 Å². The molecule has 1 aromatic rings. The highest BCUT2D eigenvalue weighted by Gasteiger charge is 2.10. The second-order valence-electron chi connectivity index (χ2n) is 3.54. The molecule has 0 aliphatic carbocycles. The Balaban J connectivity index is 2.52. The third-order valence-electron chi connectivity index (χ3n) is 2.16. The number of hydrogen-bond donors (Lipinski definition) is 1. The van der Waals surface area contributed by atoms with Crippen LogP contribution in [0.15, 0.2) is 30.4 Å². The van der Waals surface area contributed by atoms with E-state index in [1.54, 1.807) is 12.1 Å². The zero-order valence-electron chi connectivity index (χ0n) is 9.78. The van der Waals surface area contributed by atoms with Gasteiger partial charge in [-0.2, -0.15) is 0 Å². The van der Waals surface area contributed by atoms with Crippen LogP contribution in [0.5, 0.6) is 0 Å². The topological polar surface area (TPSA) is 52.3 Å². The van der Waals surface area contributed by atoms with Crippen molar-refractivity contribution in [1.82, 2.24) is 0 Å². The van der Waals surface area contributed by atoms with Crippen LogP contribution < -0.4 is 5.73 Å². The van der Waals surface area contributed by atoms with Crippen molar-refractivity contribution in [2.45, 2.75) is 19.8 Å². The van der Waals surface area contributed by atoms with Crippen LogP contribution in [0.25, 0.3) is 0 Å². The minimum absolute atomic E-state index is 0.356. The summed E-state index contributed by atoms with van der Waals surface area (Å²) in [4.78, 5) is 11.7. The monoisotopic (exact) mass is 345 g/mol. The molecule has 0 atom stereocenters. The van der Waals surface area contributed by atoms with Gasteiger partial charge in [0, 0.05) is 9.26 Å². The van der Waals surface area contributed by atoms with Gasteiger partial charge in [-0.05, 0) is 53.6 Å². The summed E-state index contributed by atoms with van der Waals surface area (Å²) in [7, 11) is 0. The van der Waals surface area contributed by atoms with Crippen LogP contribution in [0, 0.1) is 3.57 Å². The summed E-state index contributed by atoms with van der Waals surface area (Å²) < 4.78 is 6.10. The summed E-state index contributed by atoms with van der Waals surface area (Å²) in [6.07, 6.45) is 5.79. The van der Waals surface area contributed by atoms with Gasteiger partial charge in [0.05, 0.1) is 12.2 Å². The molecular formula is C13H16INO2. The van der Waals surface area contributed by atoms with E-state index in [-0.39, 0.29) is 5.97 Å². The van der Waals surface area contributed by atoms with Crippen LogP contribution in [0.2, 0.25) is 0 Å². The smallest absolute Gasteiger partial charge is 0.340 e. The van der Waals surface area contributed by atoms with Crippen LogP contribution in [0.4, 0.5) is 5.69 Å². The standard InChI is InChI=1S/C13H16INO2/c1-2-3-4-5-8-17-13(16)11-9-10(14)6-7-12(11)15/h3-4,6-7,9H,2,5,8,15H2,1H3. The summed E-state index contributed by atoms with van der Waals surface area (Å²) in [6.45, 7) is 2.45. The van der Waals surface area contributed by atoms with E-state index in [2.05, 4.69) is 29.5 Å². The summed E-state index contributed by atoms with van der Waals surface area (Å²) in [5, 5.41) is 0. The minimum Gasteiger partial charge on any atom is -0.462 e. The van der Waals surface area contributed by atoms with E-state index in [4.69, 9.17) is 10.5 Å². The molecule has 0 saturated heterocycles. The van der Waals surface area contributed by atoms with Gasteiger partial charge in [-0.1, -0.05) is 19.1 Å². The summed E-state index contributed by atoms with van der Waals surface area (Å²) in [6, 6.07) is 5.31. The van der Waals surface area contributed by atoms with Gasteiger partial charge >= 0.3 is 5.97 Å². The first-order chi connectivity index (χ1) is 8.15. The lowest BCUT2D eigenvalue weighted by molar-refractivity contribution is 0.0513. The molecule has 0 aromatic heterocycles. The fourth-order valence-electron chi connectivity index (χ4n) is 1.29. The maximum Gasteiger partial charge on any atom is 0.340 e. The van der Waals surface area contributed by atoms with Crippen LogP contribution in [0.3, 0.4) is 0 Å². The zero-order valence-corrected chi connectivity index (χ0v) is 11.9. The summed E-state index contributed by atoms with van der Waals surface area (Å²) in [5.41, 5.74) is 6.62. The molecule has 0 heterocycles. The molecule has 3 nitrogen and oxygen atoms in total. The lowest BCUT2D eigenvalue weighted by Crippen LogP contribution is -2.09. The Morgan fingerprint density at radius 1 is 1.47 bits per heavy atom. The van der Waals surface area contributed by atoms with E-state index >= 15 is 0 Å². The number of benzene rings is 1. The van der Waals surface area contributed by atoms with E-state index in [1.165, 1.54) is 0 Å². The van der Waals surface area contributed by atoms with Crippen molar-refractivity contribution in [3.05, 3.63) is 39.5 Å². The SMILES string of the molecule is CCC=CCCOC(=O)c1cc(I)ccc1N. The zero-order chi connectivity index (χ0) is 12.7. The van der Waals surface area contributed by atoms with Gasteiger partial charge in [-0.3, -0.25) is 0 Å². The molecule has 0 spiro atoms. The van der Waals surface area contributed by atoms with Crippen LogP contribution in [0.1, 0.15) is 30.1 Å². The molecule has 0 radical (unpaired) electrons. The lowest BCUT2D eigenvalue weighted by atomic mass is 10.2. The Hall–Kier alpha value is -1.04. The van der Waals surface area contributed by atoms with E-state index in [9.17, 15) is 4.79 Å². The normalized spacial score (nSPS) is 10.7. The van der Waals surface area contributed by atoms with E-state index in [1.807, 2.05) is 18.2 Å². The molecule has 4 heteroatoms. The number of anilines is 1. The number of allylic oxidation sites excluding steroid dienone is 1. The molecule has 0 unspecified atom stereocenters. The van der Waals surface area contributed by atoms with Crippen LogP contribution in [-0.4, -0.2) is 12.6 Å². The predicted molar refractivity (Wildman–Crippen MR) is 77.9 cm³/mol. The van der Waals surface area contributed by atoms with E-state index in [0.29, 0.717) is 17.9 Å². The Morgan fingerprint density at radius 2 is 2.24 bits per heavy atom. The third-order valence-corrected chi connectivity index (χ3v) is 2.83. The largest absolute Gasteiger partial charge is 0.462 e. The fourth-order valence-corrected chi connectivity index (χ4v) is 1.78. The highest BCUT2D eigenvalue weighted by atomic mass is 127. The van der Waals surface area contributed by atoms with E-state index < -0.39 is 0 Å². The molecule has 1 rings (SSSR count). The Morgan fingerprint density at radius 3 is 2.94 bits per heavy atom. The second-order valence-corrected chi connectivity index (χ2v) is 4.78. The number of hydrogen-bond acceptors (Lipinski definition) is 3.